The minimum absolute atomic E-state index is 0.467. The minimum Gasteiger partial charge on any atom is -0.381 e. The van der Waals surface area contributed by atoms with Crippen molar-refractivity contribution in [2.24, 2.45) is 17.3 Å². The summed E-state index contributed by atoms with van der Waals surface area (Å²) in [6.45, 7) is 13.5. The zero-order valence-corrected chi connectivity index (χ0v) is 10.8. The Morgan fingerprint density at radius 2 is 1.80 bits per heavy atom. The molecule has 0 spiro atoms. The van der Waals surface area contributed by atoms with Crippen molar-refractivity contribution in [3.63, 3.8) is 0 Å². The highest BCUT2D eigenvalue weighted by Gasteiger charge is 2.26. The van der Waals surface area contributed by atoms with Gasteiger partial charge in [0.15, 0.2) is 0 Å². The molecule has 1 N–H and O–H groups in total. The molecule has 90 valence electrons. The van der Waals surface area contributed by atoms with Crippen LogP contribution in [-0.2, 0) is 4.74 Å². The molecule has 1 atom stereocenters. The second-order valence-corrected chi connectivity index (χ2v) is 5.78. The van der Waals surface area contributed by atoms with Gasteiger partial charge >= 0.3 is 0 Å². The lowest BCUT2D eigenvalue weighted by atomic mass is 9.82. The zero-order valence-electron chi connectivity index (χ0n) is 10.8. The van der Waals surface area contributed by atoms with Gasteiger partial charge in [-0.15, -0.1) is 0 Å². The number of hydrogen-bond donors (Lipinski definition) is 1. The van der Waals surface area contributed by atoms with Crippen LogP contribution in [0.1, 0.15) is 40.5 Å². The summed E-state index contributed by atoms with van der Waals surface area (Å²) >= 11 is 0. The standard InChI is InChI=1S/C13H27NO/c1-11(2)12(3)9-14-10-13(4)5-7-15-8-6-13/h11-12,14H,5-10H2,1-4H3. The fourth-order valence-corrected chi connectivity index (χ4v) is 1.88. The molecule has 1 heterocycles. The van der Waals surface area contributed by atoms with E-state index in [1.54, 1.807) is 0 Å². The quantitative estimate of drug-likeness (QED) is 0.758. The largest absolute Gasteiger partial charge is 0.381 e. The van der Waals surface area contributed by atoms with E-state index in [4.69, 9.17) is 4.74 Å². The van der Waals surface area contributed by atoms with Crippen molar-refractivity contribution in [2.75, 3.05) is 26.3 Å². The van der Waals surface area contributed by atoms with E-state index in [0.717, 1.165) is 38.1 Å². The topological polar surface area (TPSA) is 21.3 Å². The Morgan fingerprint density at radius 1 is 1.20 bits per heavy atom. The van der Waals surface area contributed by atoms with Crippen LogP contribution in [-0.4, -0.2) is 26.3 Å². The SMILES string of the molecule is CC(C)C(C)CNCC1(C)CCOCC1. The molecule has 0 radical (unpaired) electrons. The van der Waals surface area contributed by atoms with Crippen molar-refractivity contribution >= 4 is 0 Å². The first-order chi connectivity index (χ1) is 7.03. The third kappa shape index (κ3) is 4.52. The summed E-state index contributed by atoms with van der Waals surface area (Å²) in [4.78, 5) is 0. The molecule has 1 aliphatic heterocycles. The highest BCUT2D eigenvalue weighted by Crippen LogP contribution is 2.28. The second-order valence-electron chi connectivity index (χ2n) is 5.78. The third-order valence-corrected chi connectivity index (χ3v) is 3.86. The van der Waals surface area contributed by atoms with Crippen LogP contribution >= 0.6 is 0 Å². The molecule has 1 saturated heterocycles. The molecule has 1 aliphatic rings. The van der Waals surface area contributed by atoms with Crippen molar-refractivity contribution in [1.29, 1.82) is 0 Å². The summed E-state index contributed by atoms with van der Waals surface area (Å²) in [6.07, 6.45) is 2.41. The van der Waals surface area contributed by atoms with Crippen LogP contribution in [0.5, 0.6) is 0 Å². The van der Waals surface area contributed by atoms with Gasteiger partial charge in [-0.3, -0.25) is 0 Å². The van der Waals surface area contributed by atoms with Crippen molar-refractivity contribution < 1.29 is 4.74 Å². The smallest absolute Gasteiger partial charge is 0.0471 e. The number of nitrogens with one attached hydrogen (secondary N) is 1. The average Bonchev–Trinajstić information content (AvgIpc) is 2.18. The van der Waals surface area contributed by atoms with Crippen molar-refractivity contribution in [3.05, 3.63) is 0 Å². The fourth-order valence-electron chi connectivity index (χ4n) is 1.88. The molecule has 1 rings (SSSR count). The monoisotopic (exact) mass is 213 g/mol. The van der Waals surface area contributed by atoms with Crippen LogP contribution in [0, 0.1) is 17.3 Å². The van der Waals surface area contributed by atoms with E-state index in [1.807, 2.05) is 0 Å². The molecule has 0 saturated carbocycles. The molecule has 0 amide bonds. The first kappa shape index (κ1) is 13.0. The first-order valence-corrected chi connectivity index (χ1v) is 6.32. The van der Waals surface area contributed by atoms with Crippen LogP contribution in [0.25, 0.3) is 0 Å². The van der Waals surface area contributed by atoms with Crippen LogP contribution < -0.4 is 5.32 Å². The van der Waals surface area contributed by atoms with Gasteiger partial charge in [-0.25, -0.2) is 0 Å². The predicted molar refractivity (Wildman–Crippen MR) is 65.0 cm³/mol. The Bertz CT molecular complexity index is 173. The maximum absolute atomic E-state index is 5.40. The zero-order chi connectivity index (χ0) is 11.3. The molecule has 2 nitrogen and oxygen atoms in total. The molecule has 15 heavy (non-hydrogen) atoms. The number of hydrogen-bond acceptors (Lipinski definition) is 2. The van der Waals surface area contributed by atoms with Crippen molar-refractivity contribution in [1.82, 2.24) is 5.32 Å². The molecule has 1 unspecified atom stereocenters. The summed E-state index contributed by atoms with van der Waals surface area (Å²) in [5, 5.41) is 3.62. The molecular weight excluding hydrogens is 186 g/mol. The van der Waals surface area contributed by atoms with Crippen molar-refractivity contribution in [2.45, 2.75) is 40.5 Å². The Hall–Kier alpha value is -0.0800. The van der Waals surface area contributed by atoms with Gasteiger partial charge in [0.05, 0.1) is 0 Å². The lowest BCUT2D eigenvalue weighted by Gasteiger charge is -2.34. The lowest BCUT2D eigenvalue weighted by Crippen LogP contribution is -2.38. The number of rotatable bonds is 5. The highest BCUT2D eigenvalue weighted by molar-refractivity contribution is 4.79. The summed E-state index contributed by atoms with van der Waals surface area (Å²) in [7, 11) is 0. The van der Waals surface area contributed by atoms with E-state index in [9.17, 15) is 0 Å². The Labute approximate surface area is 94.8 Å². The highest BCUT2D eigenvalue weighted by atomic mass is 16.5. The maximum Gasteiger partial charge on any atom is 0.0471 e. The normalized spacial score (nSPS) is 23.0. The van der Waals surface area contributed by atoms with Gasteiger partial charge in [0.1, 0.15) is 0 Å². The molecular formula is C13H27NO. The van der Waals surface area contributed by atoms with E-state index in [1.165, 1.54) is 12.8 Å². The Balaban J connectivity index is 2.18. The Kier molecular flexibility index (Phi) is 5.07. The molecule has 0 aromatic rings. The van der Waals surface area contributed by atoms with Crippen LogP contribution in [0.3, 0.4) is 0 Å². The molecule has 2 heteroatoms. The van der Waals surface area contributed by atoms with Gasteiger partial charge in [-0.1, -0.05) is 27.7 Å². The minimum atomic E-state index is 0.467. The Morgan fingerprint density at radius 3 is 2.33 bits per heavy atom. The van der Waals surface area contributed by atoms with Crippen LogP contribution in [0.4, 0.5) is 0 Å². The van der Waals surface area contributed by atoms with Gasteiger partial charge in [0, 0.05) is 19.8 Å². The summed E-state index contributed by atoms with van der Waals surface area (Å²) in [6, 6.07) is 0. The van der Waals surface area contributed by atoms with E-state index >= 15 is 0 Å². The molecule has 0 aromatic carbocycles. The van der Waals surface area contributed by atoms with Gasteiger partial charge in [0.25, 0.3) is 0 Å². The summed E-state index contributed by atoms with van der Waals surface area (Å²) in [5.74, 6) is 1.55. The van der Waals surface area contributed by atoms with E-state index < -0.39 is 0 Å². The molecule has 0 aromatic heterocycles. The summed E-state index contributed by atoms with van der Waals surface area (Å²) in [5.41, 5.74) is 0.467. The average molecular weight is 213 g/mol. The van der Waals surface area contributed by atoms with E-state index in [2.05, 4.69) is 33.0 Å². The van der Waals surface area contributed by atoms with Gasteiger partial charge < -0.3 is 10.1 Å². The van der Waals surface area contributed by atoms with Crippen LogP contribution in [0.2, 0.25) is 0 Å². The molecule has 0 aliphatic carbocycles. The molecule has 1 fully saturated rings. The predicted octanol–water partition coefficient (Wildman–Crippen LogP) is 2.68. The first-order valence-electron chi connectivity index (χ1n) is 6.32. The number of ether oxygens (including phenoxy) is 1. The molecule has 0 bridgehead atoms. The fraction of sp³-hybridized carbons (Fsp3) is 1.00. The lowest BCUT2D eigenvalue weighted by molar-refractivity contribution is 0.0236. The maximum atomic E-state index is 5.40. The van der Waals surface area contributed by atoms with E-state index in [0.29, 0.717) is 5.41 Å². The van der Waals surface area contributed by atoms with Gasteiger partial charge in [-0.05, 0) is 36.6 Å². The van der Waals surface area contributed by atoms with Crippen molar-refractivity contribution in [3.8, 4) is 0 Å². The van der Waals surface area contributed by atoms with Gasteiger partial charge in [0.2, 0.25) is 0 Å². The van der Waals surface area contributed by atoms with Gasteiger partial charge in [-0.2, -0.15) is 0 Å². The summed E-state index contributed by atoms with van der Waals surface area (Å²) < 4.78 is 5.40. The van der Waals surface area contributed by atoms with Crippen LogP contribution in [0.15, 0.2) is 0 Å². The van der Waals surface area contributed by atoms with E-state index in [-0.39, 0.29) is 0 Å². The third-order valence-electron chi connectivity index (χ3n) is 3.86. The second kappa shape index (κ2) is 5.86.